The molecule has 1 unspecified atom stereocenters. The third kappa shape index (κ3) is 4.56. The molecule has 7 heteroatoms. The molecule has 0 aromatic heterocycles. The molecule has 2 N–H and O–H groups in total. The zero-order valence-electron chi connectivity index (χ0n) is 17.4. The fraction of sp³-hybridized carbons (Fsp3) is 0.304. The van der Waals surface area contributed by atoms with Crippen LogP contribution < -0.4 is 20.1 Å². The number of amides is 2. The molecule has 158 valence electrons. The van der Waals surface area contributed by atoms with Crippen LogP contribution >= 0.6 is 0 Å². The SMILES string of the molecule is CCCOc1ccc(C2NC(=O)NC(c3ccccc3)=C2C(=O)OCC)cc1OC. The van der Waals surface area contributed by atoms with Crippen molar-refractivity contribution in [2.24, 2.45) is 0 Å². The van der Waals surface area contributed by atoms with Crippen LogP contribution in [0.4, 0.5) is 4.79 Å². The van der Waals surface area contributed by atoms with Gasteiger partial charge in [-0.25, -0.2) is 9.59 Å². The maximum Gasteiger partial charge on any atom is 0.338 e. The second kappa shape index (κ2) is 9.82. The van der Waals surface area contributed by atoms with E-state index in [4.69, 9.17) is 14.2 Å². The molecule has 0 radical (unpaired) electrons. The second-order valence-corrected chi connectivity index (χ2v) is 6.67. The van der Waals surface area contributed by atoms with Crippen molar-refractivity contribution in [1.29, 1.82) is 0 Å². The average Bonchev–Trinajstić information content (AvgIpc) is 2.77. The Labute approximate surface area is 176 Å². The first-order valence-corrected chi connectivity index (χ1v) is 9.94. The number of esters is 1. The standard InChI is InChI=1S/C23H26N2O5/c1-4-13-30-17-12-11-16(14-18(17)28-3)21-19(22(26)29-5-2)20(24-23(27)25-21)15-9-7-6-8-10-15/h6-12,14,21H,4-5,13H2,1-3H3,(H2,24,25,27). The lowest BCUT2D eigenvalue weighted by Gasteiger charge is -2.30. The first kappa shape index (κ1) is 21.2. The highest BCUT2D eigenvalue weighted by Crippen LogP contribution is 2.36. The number of carbonyl (C=O) groups is 2. The van der Waals surface area contributed by atoms with Gasteiger partial charge >= 0.3 is 12.0 Å². The molecule has 0 saturated carbocycles. The van der Waals surface area contributed by atoms with E-state index in [1.54, 1.807) is 26.2 Å². The maximum absolute atomic E-state index is 12.9. The smallest absolute Gasteiger partial charge is 0.338 e. The summed E-state index contributed by atoms with van der Waals surface area (Å²) in [5.41, 5.74) is 2.15. The minimum Gasteiger partial charge on any atom is -0.493 e. The summed E-state index contributed by atoms with van der Waals surface area (Å²) in [5.74, 6) is 0.630. The summed E-state index contributed by atoms with van der Waals surface area (Å²) in [4.78, 5) is 25.4. The van der Waals surface area contributed by atoms with Crippen LogP contribution in [0.3, 0.4) is 0 Å². The molecule has 3 rings (SSSR count). The predicted octanol–water partition coefficient (Wildman–Crippen LogP) is 3.81. The Kier molecular flexibility index (Phi) is 6.95. The highest BCUT2D eigenvalue weighted by atomic mass is 16.5. The summed E-state index contributed by atoms with van der Waals surface area (Å²) in [6.45, 7) is 4.55. The quantitative estimate of drug-likeness (QED) is 0.647. The fourth-order valence-electron chi connectivity index (χ4n) is 3.27. The summed E-state index contributed by atoms with van der Waals surface area (Å²) >= 11 is 0. The summed E-state index contributed by atoms with van der Waals surface area (Å²) in [6.07, 6.45) is 0.867. The van der Waals surface area contributed by atoms with Crippen LogP contribution in [0.5, 0.6) is 11.5 Å². The van der Waals surface area contributed by atoms with Crippen molar-refractivity contribution in [3.8, 4) is 11.5 Å². The van der Waals surface area contributed by atoms with Crippen molar-refractivity contribution >= 4 is 17.7 Å². The predicted molar refractivity (Wildman–Crippen MR) is 113 cm³/mol. The molecule has 1 aliphatic heterocycles. The third-order valence-corrected chi connectivity index (χ3v) is 4.61. The van der Waals surface area contributed by atoms with Gasteiger partial charge in [-0.2, -0.15) is 0 Å². The number of methoxy groups -OCH3 is 1. The van der Waals surface area contributed by atoms with Gasteiger partial charge in [0.2, 0.25) is 0 Å². The Bertz CT molecular complexity index is 940. The molecule has 1 aliphatic rings. The Morgan fingerprint density at radius 3 is 2.50 bits per heavy atom. The minimum absolute atomic E-state index is 0.220. The van der Waals surface area contributed by atoms with Gasteiger partial charge in [0.05, 0.1) is 37.6 Å². The Hall–Kier alpha value is -3.48. The van der Waals surface area contributed by atoms with Gasteiger partial charge in [0.15, 0.2) is 11.5 Å². The lowest BCUT2D eigenvalue weighted by Crippen LogP contribution is -2.45. The van der Waals surface area contributed by atoms with Crippen molar-refractivity contribution < 1.29 is 23.8 Å². The zero-order chi connectivity index (χ0) is 21.5. The van der Waals surface area contributed by atoms with E-state index in [1.807, 2.05) is 43.3 Å². The van der Waals surface area contributed by atoms with Gasteiger partial charge in [-0.05, 0) is 36.6 Å². The van der Waals surface area contributed by atoms with E-state index >= 15 is 0 Å². The number of benzene rings is 2. The normalized spacial score (nSPS) is 15.8. The summed E-state index contributed by atoms with van der Waals surface area (Å²) < 4.78 is 16.5. The van der Waals surface area contributed by atoms with Gasteiger partial charge in [0, 0.05) is 0 Å². The molecule has 0 spiro atoms. The summed E-state index contributed by atoms with van der Waals surface area (Å²) in [7, 11) is 1.55. The van der Waals surface area contributed by atoms with E-state index in [0.717, 1.165) is 12.0 Å². The maximum atomic E-state index is 12.9. The number of carbonyl (C=O) groups excluding carboxylic acids is 2. The monoisotopic (exact) mass is 410 g/mol. The highest BCUT2D eigenvalue weighted by Gasteiger charge is 2.34. The molecular formula is C23H26N2O5. The van der Waals surface area contributed by atoms with Gasteiger partial charge in [0.1, 0.15) is 0 Å². The molecule has 2 aromatic rings. The number of nitrogens with one attached hydrogen (secondary N) is 2. The molecule has 0 aliphatic carbocycles. The average molecular weight is 410 g/mol. The molecule has 30 heavy (non-hydrogen) atoms. The van der Waals surface area contributed by atoms with E-state index < -0.39 is 18.0 Å². The van der Waals surface area contributed by atoms with E-state index in [9.17, 15) is 9.59 Å². The van der Waals surface area contributed by atoms with Crippen LogP contribution in [0.15, 0.2) is 54.1 Å². The lowest BCUT2D eigenvalue weighted by molar-refractivity contribution is -0.138. The first-order valence-electron chi connectivity index (χ1n) is 9.94. The molecular weight excluding hydrogens is 384 g/mol. The van der Waals surface area contributed by atoms with E-state index in [2.05, 4.69) is 10.6 Å². The van der Waals surface area contributed by atoms with Crippen LogP contribution in [0.25, 0.3) is 5.70 Å². The largest absolute Gasteiger partial charge is 0.493 e. The van der Waals surface area contributed by atoms with Gasteiger partial charge in [-0.15, -0.1) is 0 Å². The van der Waals surface area contributed by atoms with Gasteiger partial charge in [0.25, 0.3) is 0 Å². The second-order valence-electron chi connectivity index (χ2n) is 6.67. The van der Waals surface area contributed by atoms with Crippen LogP contribution in [-0.2, 0) is 9.53 Å². The Morgan fingerprint density at radius 2 is 1.83 bits per heavy atom. The lowest BCUT2D eigenvalue weighted by atomic mass is 9.92. The van der Waals surface area contributed by atoms with Crippen LogP contribution in [0.2, 0.25) is 0 Å². The molecule has 2 aromatic carbocycles. The number of urea groups is 1. The molecule has 2 amide bonds. The molecule has 0 fully saturated rings. The first-order chi connectivity index (χ1) is 14.6. The van der Waals surface area contributed by atoms with E-state index in [0.29, 0.717) is 34.9 Å². The van der Waals surface area contributed by atoms with Crippen molar-refractivity contribution in [2.45, 2.75) is 26.3 Å². The summed E-state index contributed by atoms with van der Waals surface area (Å²) in [6, 6.07) is 13.5. The van der Waals surface area contributed by atoms with Gasteiger partial charge < -0.3 is 24.8 Å². The van der Waals surface area contributed by atoms with Crippen molar-refractivity contribution in [3.63, 3.8) is 0 Å². The molecule has 1 heterocycles. The Balaban J connectivity index is 2.11. The summed E-state index contributed by atoms with van der Waals surface area (Å²) in [5, 5.41) is 5.59. The van der Waals surface area contributed by atoms with Crippen molar-refractivity contribution in [2.75, 3.05) is 20.3 Å². The number of hydrogen-bond acceptors (Lipinski definition) is 5. The Morgan fingerprint density at radius 1 is 1.07 bits per heavy atom. The molecule has 0 bridgehead atoms. The number of ether oxygens (including phenoxy) is 3. The number of hydrogen-bond donors (Lipinski definition) is 2. The van der Waals surface area contributed by atoms with Crippen LogP contribution in [-0.4, -0.2) is 32.3 Å². The van der Waals surface area contributed by atoms with Crippen LogP contribution in [0.1, 0.15) is 37.4 Å². The third-order valence-electron chi connectivity index (χ3n) is 4.61. The zero-order valence-corrected chi connectivity index (χ0v) is 17.4. The molecule has 1 atom stereocenters. The van der Waals surface area contributed by atoms with Gasteiger partial charge in [-0.3, -0.25) is 0 Å². The van der Waals surface area contributed by atoms with Crippen molar-refractivity contribution in [3.05, 3.63) is 65.2 Å². The topological polar surface area (TPSA) is 85.9 Å². The molecule has 0 saturated heterocycles. The van der Waals surface area contributed by atoms with Crippen molar-refractivity contribution in [1.82, 2.24) is 10.6 Å². The number of rotatable bonds is 8. The van der Waals surface area contributed by atoms with Gasteiger partial charge in [-0.1, -0.05) is 43.3 Å². The minimum atomic E-state index is -0.706. The van der Waals surface area contributed by atoms with Crippen LogP contribution in [0, 0.1) is 0 Å². The fourth-order valence-corrected chi connectivity index (χ4v) is 3.27. The van der Waals surface area contributed by atoms with E-state index in [-0.39, 0.29) is 6.61 Å². The van der Waals surface area contributed by atoms with E-state index in [1.165, 1.54) is 0 Å². The molecule has 7 nitrogen and oxygen atoms in total. The highest BCUT2D eigenvalue weighted by molar-refractivity contribution is 6.04.